The van der Waals surface area contributed by atoms with E-state index in [1.165, 1.54) is 6.20 Å². The molecule has 0 aliphatic carbocycles. The van der Waals surface area contributed by atoms with E-state index >= 15 is 0 Å². The molecule has 13 nitrogen and oxygen atoms in total. The Hall–Kier alpha value is -6.42. The van der Waals surface area contributed by atoms with Gasteiger partial charge in [-0.3, -0.25) is 14.5 Å². The quantitative estimate of drug-likeness (QED) is 0.167. The van der Waals surface area contributed by atoms with Gasteiger partial charge in [0.2, 0.25) is 5.88 Å². The van der Waals surface area contributed by atoms with E-state index in [1.54, 1.807) is 25.3 Å². The lowest BCUT2D eigenvalue weighted by Gasteiger charge is -2.35. The Bertz CT molecular complexity index is 2100. The Kier molecular flexibility index (Phi) is 11.6. The molecular weight excluding hydrogens is 699 g/mol. The van der Waals surface area contributed by atoms with Crippen molar-refractivity contribution in [1.29, 1.82) is 0 Å². The Morgan fingerprint density at radius 1 is 0.868 bits per heavy atom. The molecule has 3 heterocycles. The van der Waals surface area contributed by atoms with Crippen LogP contribution in [0.15, 0.2) is 91.1 Å². The van der Waals surface area contributed by atoms with Crippen molar-refractivity contribution in [2.45, 2.75) is 12.7 Å². The molecular formula is C37H34F3N5O8. The van der Waals surface area contributed by atoms with Crippen molar-refractivity contribution in [1.82, 2.24) is 19.4 Å². The monoisotopic (exact) mass is 733 g/mol. The largest absolute Gasteiger partial charge is 0.496 e. The molecule has 3 aromatic carbocycles. The molecule has 3 N–H and O–H groups in total. The first-order valence-corrected chi connectivity index (χ1v) is 16.0. The number of nitrogens with one attached hydrogen (secondary N) is 1. The standard InChI is InChI=1S/C35H32F3N5O4.C2H2O4/c1-41-29-13-12-28(47-32-14-11-27(21-39-32)40-33(44)23-7-9-26(10-8-23)35(36,37)38)19-25(29)20-30(41)34(45)43-17-15-42(16-18-43)22-24-5-3-4-6-31(24)46-2;3-1(4)2(5)6/h3-14,19-21H,15-18,22H2,1-2H3,(H,40,44);(H,3,4)(H,5,6). The van der Waals surface area contributed by atoms with Crippen molar-refractivity contribution in [3.63, 3.8) is 0 Å². The molecule has 1 saturated heterocycles. The average molecular weight is 734 g/mol. The zero-order valence-corrected chi connectivity index (χ0v) is 28.5. The molecule has 1 fully saturated rings. The molecule has 1 aliphatic heterocycles. The number of hydrogen-bond donors (Lipinski definition) is 3. The summed E-state index contributed by atoms with van der Waals surface area (Å²) in [7, 11) is 3.54. The first kappa shape index (κ1) is 37.8. The molecule has 0 radical (unpaired) electrons. The van der Waals surface area contributed by atoms with Crippen LogP contribution < -0.4 is 14.8 Å². The van der Waals surface area contributed by atoms with Crippen LogP contribution in [0.25, 0.3) is 10.9 Å². The number of nitrogens with zero attached hydrogens (tertiary/aromatic N) is 4. The fraction of sp³-hybridized carbons (Fsp3) is 0.216. The smallest absolute Gasteiger partial charge is 0.416 e. The Morgan fingerprint density at radius 3 is 2.15 bits per heavy atom. The van der Waals surface area contributed by atoms with E-state index in [9.17, 15) is 22.8 Å². The third kappa shape index (κ3) is 9.48. The summed E-state index contributed by atoms with van der Waals surface area (Å²) in [5.41, 5.74) is 2.19. The number of piperazine rings is 1. The molecule has 0 saturated carbocycles. The number of rotatable bonds is 8. The highest BCUT2D eigenvalue weighted by Gasteiger charge is 2.30. The Morgan fingerprint density at radius 2 is 1.55 bits per heavy atom. The van der Waals surface area contributed by atoms with E-state index in [0.717, 1.165) is 66.1 Å². The molecule has 276 valence electrons. The summed E-state index contributed by atoms with van der Waals surface area (Å²) >= 11 is 0. The third-order valence-electron chi connectivity index (χ3n) is 8.35. The highest BCUT2D eigenvalue weighted by molar-refractivity contribution is 6.27. The fourth-order valence-corrected chi connectivity index (χ4v) is 5.59. The second-order valence-corrected chi connectivity index (χ2v) is 11.8. The summed E-state index contributed by atoms with van der Waals surface area (Å²) in [6, 6.07) is 22.4. The number of para-hydroxylation sites is 1. The van der Waals surface area contributed by atoms with Crippen LogP contribution in [0.2, 0.25) is 0 Å². The van der Waals surface area contributed by atoms with Crippen LogP contribution in [-0.2, 0) is 29.4 Å². The van der Waals surface area contributed by atoms with Crippen LogP contribution in [0, 0.1) is 0 Å². The number of anilines is 1. The summed E-state index contributed by atoms with van der Waals surface area (Å²) in [4.78, 5) is 52.6. The molecule has 0 unspecified atom stereocenters. The van der Waals surface area contributed by atoms with Gasteiger partial charge in [-0.25, -0.2) is 14.6 Å². The molecule has 0 bridgehead atoms. The second-order valence-electron chi connectivity index (χ2n) is 11.8. The lowest BCUT2D eigenvalue weighted by Crippen LogP contribution is -2.48. The van der Waals surface area contributed by atoms with E-state index in [1.807, 2.05) is 52.9 Å². The summed E-state index contributed by atoms with van der Waals surface area (Å²) in [5, 5.41) is 18.2. The van der Waals surface area contributed by atoms with Crippen LogP contribution in [0.1, 0.15) is 32.0 Å². The lowest BCUT2D eigenvalue weighted by atomic mass is 10.1. The molecule has 1 aliphatic rings. The van der Waals surface area contributed by atoms with Crippen molar-refractivity contribution in [3.8, 4) is 17.4 Å². The Labute approximate surface area is 300 Å². The molecule has 16 heteroatoms. The number of amides is 2. The molecule has 2 aromatic heterocycles. The van der Waals surface area contributed by atoms with Crippen molar-refractivity contribution in [2.24, 2.45) is 7.05 Å². The average Bonchev–Trinajstić information content (AvgIpc) is 3.47. The fourth-order valence-electron chi connectivity index (χ4n) is 5.59. The molecule has 0 atom stereocenters. The summed E-state index contributed by atoms with van der Waals surface area (Å²) in [5.74, 6) is -2.59. The van der Waals surface area contributed by atoms with Gasteiger partial charge in [-0.05, 0) is 60.7 Å². The number of halogens is 3. The highest BCUT2D eigenvalue weighted by atomic mass is 19.4. The zero-order chi connectivity index (χ0) is 38.3. The van der Waals surface area contributed by atoms with Gasteiger partial charge in [0, 0.05) is 67.9 Å². The van der Waals surface area contributed by atoms with Gasteiger partial charge in [0.15, 0.2) is 0 Å². The number of aryl methyl sites for hydroxylation is 1. The topological polar surface area (TPSA) is 164 Å². The van der Waals surface area contributed by atoms with Crippen LogP contribution in [0.5, 0.6) is 17.4 Å². The molecule has 2 amide bonds. The number of alkyl halides is 3. The number of aromatic nitrogens is 2. The maximum absolute atomic E-state index is 13.5. The molecule has 5 aromatic rings. The number of carboxylic acid groups (broad SMARTS) is 2. The van der Waals surface area contributed by atoms with E-state index in [-0.39, 0.29) is 17.4 Å². The van der Waals surface area contributed by atoms with Crippen LogP contribution >= 0.6 is 0 Å². The number of fused-ring (bicyclic) bond motifs is 1. The number of carbonyl (C=O) groups excluding carboxylic acids is 2. The van der Waals surface area contributed by atoms with Crippen LogP contribution in [0.4, 0.5) is 18.9 Å². The normalized spacial score (nSPS) is 13.1. The molecule has 53 heavy (non-hydrogen) atoms. The van der Waals surface area contributed by atoms with Crippen molar-refractivity contribution < 1.29 is 52.0 Å². The predicted octanol–water partition coefficient (Wildman–Crippen LogP) is 5.76. The van der Waals surface area contributed by atoms with Crippen molar-refractivity contribution in [3.05, 3.63) is 114 Å². The minimum atomic E-state index is -4.48. The highest BCUT2D eigenvalue weighted by Crippen LogP contribution is 2.30. The maximum Gasteiger partial charge on any atom is 0.416 e. The number of aliphatic carboxylic acids is 2. The number of ether oxygens (including phenoxy) is 2. The Balaban J connectivity index is 0.000000833. The summed E-state index contributed by atoms with van der Waals surface area (Å²) in [6.45, 7) is 3.52. The van der Waals surface area contributed by atoms with E-state index < -0.39 is 29.6 Å². The number of pyridine rings is 1. The van der Waals surface area contributed by atoms with Crippen molar-refractivity contribution in [2.75, 3.05) is 38.6 Å². The van der Waals surface area contributed by atoms with Gasteiger partial charge in [-0.15, -0.1) is 0 Å². The minimum Gasteiger partial charge on any atom is -0.496 e. The minimum absolute atomic E-state index is 0.0290. The predicted molar refractivity (Wildman–Crippen MR) is 186 cm³/mol. The molecule has 0 spiro atoms. The first-order chi connectivity index (χ1) is 25.2. The lowest BCUT2D eigenvalue weighted by molar-refractivity contribution is -0.159. The van der Waals surface area contributed by atoms with Gasteiger partial charge in [0.1, 0.15) is 17.2 Å². The molecule has 6 rings (SSSR count). The summed E-state index contributed by atoms with van der Waals surface area (Å²) in [6.07, 6.45) is -3.08. The number of carboxylic acids is 2. The van der Waals surface area contributed by atoms with E-state index in [0.29, 0.717) is 30.2 Å². The van der Waals surface area contributed by atoms with Crippen LogP contribution in [-0.4, -0.2) is 86.6 Å². The van der Waals surface area contributed by atoms with Gasteiger partial charge >= 0.3 is 18.1 Å². The van der Waals surface area contributed by atoms with Gasteiger partial charge in [0.05, 0.1) is 24.6 Å². The zero-order valence-electron chi connectivity index (χ0n) is 28.5. The van der Waals surface area contributed by atoms with Crippen molar-refractivity contribution >= 4 is 40.3 Å². The van der Waals surface area contributed by atoms with Gasteiger partial charge in [0.25, 0.3) is 11.8 Å². The van der Waals surface area contributed by atoms with Gasteiger partial charge in [-0.2, -0.15) is 13.2 Å². The number of methoxy groups -OCH3 is 1. The maximum atomic E-state index is 13.5. The number of hydrogen-bond acceptors (Lipinski definition) is 8. The second kappa shape index (κ2) is 16.3. The van der Waals surface area contributed by atoms with E-state index in [4.69, 9.17) is 29.3 Å². The van der Waals surface area contributed by atoms with E-state index in [2.05, 4.69) is 21.3 Å². The SMILES string of the molecule is COc1ccccc1CN1CCN(C(=O)c2cc3cc(Oc4ccc(NC(=O)c5ccc(C(F)(F)F)cc5)cn4)ccc3n2C)CC1.O=C(O)C(=O)O. The number of carbonyl (C=O) groups is 4. The number of benzene rings is 3. The van der Waals surface area contributed by atoms with Crippen LogP contribution in [0.3, 0.4) is 0 Å². The van der Waals surface area contributed by atoms with Gasteiger partial charge < -0.3 is 34.5 Å². The van der Waals surface area contributed by atoms with Gasteiger partial charge in [-0.1, -0.05) is 18.2 Å². The summed E-state index contributed by atoms with van der Waals surface area (Å²) < 4.78 is 51.7. The first-order valence-electron chi connectivity index (χ1n) is 16.0. The third-order valence-corrected chi connectivity index (χ3v) is 8.35.